The molecule has 0 fully saturated rings. The molecule has 0 bridgehead atoms. The molecule has 0 spiro atoms. The maximum Gasteiger partial charge on any atom is 0.292 e. The molecule has 116 valence electrons. The fourth-order valence-electron chi connectivity index (χ4n) is 2.70. The van der Waals surface area contributed by atoms with Gasteiger partial charge in [-0.25, -0.2) is 5.84 Å². The molecule has 0 saturated heterocycles. The second-order valence-corrected chi connectivity index (χ2v) is 5.75. The van der Waals surface area contributed by atoms with Gasteiger partial charge in [-0.3, -0.25) is 4.79 Å². The van der Waals surface area contributed by atoms with Crippen LogP contribution in [0.2, 0.25) is 10.0 Å². The summed E-state index contributed by atoms with van der Waals surface area (Å²) in [5.41, 5.74) is 5.06. The van der Waals surface area contributed by atoms with Gasteiger partial charge in [-0.1, -0.05) is 29.3 Å². The third-order valence-electron chi connectivity index (χ3n) is 3.80. The molecule has 0 saturated carbocycles. The molecule has 7 nitrogen and oxygen atoms in total. The zero-order valence-electron chi connectivity index (χ0n) is 11.5. The summed E-state index contributed by atoms with van der Waals surface area (Å²) in [6.45, 7) is 0.956. The first-order valence-corrected chi connectivity index (χ1v) is 7.33. The molecule has 1 aromatic heterocycles. The number of H-pyrrole nitrogens is 1. The van der Waals surface area contributed by atoms with Crippen LogP contribution < -0.4 is 17.1 Å². The molecule has 22 heavy (non-hydrogen) atoms. The van der Waals surface area contributed by atoms with Gasteiger partial charge in [-0.15, -0.1) is 0 Å². The van der Waals surface area contributed by atoms with Crippen LogP contribution in [-0.4, -0.2) is 28.2 Å². The number of aromatic nitrogens is 1. The van der Waals surface area contributed by atoms with Crippen molar-refractivity contribution in [3.8, 4) is 0 Å². The molecule has 6 N–H and O–H groups in total. The summed E-state index contributed by atoms with van der Waals surface area (Å²) in [7, 11) is 0. The lowest BCUT2D eigenvalue weighted by Crippen LogP contribution is -2.47. The summed E-state index contributed by atoms with van der Waals surface area (Å²) in [6.07, 6.45) is 0.673. The Labute approximate surface area is 136 Å². The van der Waals surface area contributed by atoms with Crippen molar-refractivity contribution in [2.45, 2.75) is 13.0 Å². The summed E-state index contributed by atoms with van der Waals surface area (Å²) in [5, 5.41) is 5.29. The number of hydrazine groups is 1. The quantitative estimate of drug-likeness (QED) is 0.249. The monoisotopic (exact) mass is 340 g/mol. The molecule has 0 unspecified atom stereocenters. The number of aromatic amines is 1. The van der Waals surface area contributed by atoms with Gasteiger partial charge in [0.05, 0.1) is 15.6 Å². The smallest absolute Gasteiger partial charge is 0.292 e. The number of amides is 1. The zero-order chi connectivity index (χ0) is 15.9. The lowest BCUT2D eigenvalue weighted by atomic mass is 10.0. The Balaban J connectivity index is 1.99. The maximum absolute atomic E-state index is 12.3. The number of amidine groups is 1. The normalized spacial score (nSPS) is 15.0. The highest BCUT2D eigenvalue weighted by molar-refractivity contribution is 6.45. The van der Waals surface area contributed by atoms with E-state index in [0.29, 0.717) is 29.6 Å². The van der Waals surface area contributed by atoms with Crippen molar-refractivity contribution in [2.75, 3.05) is 6.54 Å². The summed E-state index contributed by atoms with van der Waals surface area (Å²) in [6, 6.07) is 3.64. The van der Waals surface area contributed by atoms with Crippen molar-refractivity contribution in [2.24, 2.45) is 16.8 Å². The van der Waals surface area contributed by atoms with Crippen molar-refractivity contribution < 1.29 is 4.79 Å². The molecule has 1 aromatic carbocycles. The number of carbonyl (C=O) groups excluding carboxylic acids is 1. The number of nitrogens with two attached hydrogens (primary N) is 2. The number of nitrogens with one attached hydrogen (secondary N) is 2. The van der Waals surface area contributed by atoms with Crippen LogP contribution in [-0.2, 0) is 17.8 Å². The fraction of sp³-hybridized carbons (Fsp3) is 0.231. The number of hydrazone groups is 1. The van der Waals surface area contributed by atoms with Crippen LogP contribution in [0.15, 0.2) is 17.2 Å². The van der Waals surface area contributed by atoms with E-state index in [-0.39, 0.29) is 11.7 Å². The van der Waals surface area contributed by atoms with Crippen LogP contribution in [0.3, 0.4) is 0 Å². The number of carbonyl (C=O) groups is 1. The Morgan fingerprint density at radius 3 is 2.86 bits per heavy atom. The van der Waals surface area contributed by atoms with Gasteiger partial charge in [-0.2, -0.15) is 5.10 Å². The van der Waals surface area contributed by atoms with E-state index in [1.54, 1.807) is 11.0 Å². The maximum atomic E-state index is 12.3. The number of hydrogen-bond donors (Lipinski definition) is 4. The summed E-state index contributed by atoms with van der Waals surface area (Å²) >= 11 is 12.3. The molecule has 0 atom stereocenters. The second-order valence-electron chi connectivity index (χ2n) is 4.96. The number of halogens is 2. The molecule has 2 heterocycles. The fourth-order valence-corrected chi connectivity index (χ4v) is 3.07. The summed E-state index contributed by atoms with van der Waals surface area (Å²) in [5.74, 6) is 9.98. The van der Waals surface area contributed by atoms with Crippen LogP contribution in [0.25, 0.3) is 10.9 Å². The molecule has 2 aromatic rings. The first-order valence-electron chi connectivity index (χ1n) is 6.58. The predicted octanol–water partition coefficient (Wildman–Crippen LogP) is 1.09. The molecule has 1 amide bonds. The lowest BCUT2D eigenvalue weighted by molar-refractivity contribution is -0.125. The predicted molar refractivity (Wildman–Crippen MR) is 86.4 cm³/mol. The number of fused-ring (bicyclic) bond motifs is 3. The first-order chi connectivity index (χ1) is 10.6. The third-order valence-corrected chi connectivity index (χ3v) is 4.60. The van der Waals surface area contributed by atoms with Crippen molar-refractivity contribution in [3.05, 3.63) is 33.4 Å². The zero-order valence-corrected chi connectivity index (χ0v) is 13.0. The molecular formula is C13H14Cl2N6O. The molecule has 1 aliphatic heterocycles. The first kappa shape index (κ1) is 15.0. The Bertz CT molecular complexity index is 784. The van der Waals surface area contributed by atoms with E-state index in [1.807, 2.05) is 6.07 Å². The Morgan fingerprint density at radius 1 is 1.41 bits per heavy atom. The largest absolute Gasteiger partial charge is 0.357 e. The topological polar surface area (TPSA) is 113 Å². The minimum Gasteiger partial charge on any atom is -0.357 e. The van der Waals surface area contributed by atoms with E-state index in [0.717, 1.165) is 22.2 Å². The lowest BCUT2D eigenvalue weighted by Gasteiger charge is -2.27. The van der Waals surface area contributed by atoms with Crippen LogP contribution in [0.1, 0.15) is 11.3 Å². The van der Waals surface area contributed by atoms with Gasteiger partial charge in [0, 0.05) is 36.2 Å². The minimum absolute atomic E-state index is 0.0793. The van der Waals surface area contributed by atoms with Gasteiger partial charge in [0.15, 0.2) is 0 Å². The van der Waals surface area contributed by atoms with E-state index in [4.69, 9.17) is 34.9 Å². The van der Waals surface area contributed by atoms with Crippen molar-refractivity contribution in [3.63, 3.8) is 0 Å². The van der Waals surface area contributed by atoms with E-state index < -0.39 is 0 Å². The Hall–Kier alpha value is -1.96. The second kappa shape index (κ2) is 5.68. The van der Waals surface area contributed by atoms with Crippen molar-refractivity contribution >= 4 is 45.8 Å². The SMILES string of the molecule is N/N=C(\NN)C(=O)N1CCc2[nH]c3c(Cl)c(Cl)ccc3c2C1. The number of rotatable bonds is 0. The Morgan fingerprint density at radius 2 is 2.18 bits per heavy atom. The number of hydrogen-bond acceptors (Lipinski definition) is 4. The third kappa shape index (κ3) is 2.27. The van der Waals surface area contributed by atoms with E-state index in [1.165, 1.54) is 0 Å². The molecule has 1 aliphatic rings. The van der Waals surface area contributed by atoms with Gasteiger partial charge >= 0.3 is 0 Å². The highest BCUT2D eigenvalue weighted by atomic mass is 35.5. The summed E-state index contributed by atoms with van der Waals surface area (Å²) in [4.78, 5) is 17.2. The van der Waals surface area contributed by atoms with Gasteiger partial charge in [0.1, 0.15) is 0 Å². The number of nitrogens with zero attached hydrogens (tertiary/aromatic N) is 2. The molecule has 0 radical (unpaired) electrons. The van der Waals surface area contributed by atoms with E-state index >= 15 is 0 Å². The molecular weight excluding hydrogens is 327 g/mol. The van der Waals surface area contributed by atoms with E-state index in [9.17, 15) is 4.79 Å². The minimum atomic E-state index is -0.343. The van der Waals surface area contributed by atoms with E-state index in [2.05, 4.69) is 15.5 Å². The standard InChI is InChI=1S/C13H14Cl2N6O/c14-8-2-1-6-7-5-21(13(22)12(19-16)20-17)4-3-9(7)18-11(6)10(8)15/h1-2,18H,3-5,16-17H2,(H,19,20). The molecule has 0 aliphatic carbocycles. The average molecular weight is 341 g/mol. The van der Waals surface area contributed by atoms with Crippen molar-refractivity contribution in [1.29, 1.82) is 0 Å². The van der Waals surface area contributed by atoms with Gasteiger partial charge < -0.3 is 21.2 Å². The summed E-state index contributed by atoms with van der Waals surface area (Å²) < 4.78 is 0. The highest BCUT2D eigenvalue weighted by Crippen LogP contribution is 2.35. The van der Waals surface area contributed by atoms with Gasteiger partial charge in [0.2, 0.25) is 5.84 Å². The van der Waals surface area contributed by atoms with Gasteiger partial charge in [0.25, 0.3) is 5.91 Å². The van der Waals surface area contributed by atoms with Crippen LogP contribution >= 0.6 is 23.2 Å². The molecule has 9 heteroatoms. The number of benzene rings is 1. The van der Waals surface area contributed by atoms with Crippen LogP contribution in [0, 0.1) is 0 Å². The van der Waals surface area contributed by atoms with Crippen LogP contribution in [0.5, 0.6) is 0 Å². The van der Waals surface area contributed by atoms with Gasteiger partial charge in [-0.05, 0) is 6.07 Å². The average Bonchev–Trinajstić information content (AvgIpc) is 2.90. The highest BCUT2D eigenvalue weighted by Gasteiger charge is 2.27. The molecule has 3 rings (SSSR count). The van der Waals surface area contributed by atoms with Crippen molar-refractivity contribution in [1.82, 2.24) is 15.3 Å². The van der Waals surface area contributed by atoms with Crippen LogP contribution in [0.4, 0.5) is 0 Å². The Kier molecular flexibility index (Phi) is 3.86.